The minimum Gasteiger partial charge on any atom is -0.491 e. The van der Waals surface area contributed by atoms with Crippen LogP contribution >= 0.6 is 0 Å². The molecule has 0 bridgehead atoms. The van der Waals surface area contributed by atoms with Crippen LogP contribution in [0.5, 0.6) is 5.75 Å². The van der Waals surface area contributed by atoms with Gasteiger partial charge in [0.15, 0.2) is 0 Å². The van der Waals surface area contributed by atoms with Gasteiger partial charge in [0.25, 0.3) is 0 Å². The Morgan fingerprint density at radius 2 is 2.05 bits per heavy atom. The fraction of sp³-hybridized carbons (Fsp3) is 0.647. The molecule has 0 aromatic heterocycles. The monoisotopic (exact) mass is 293 g/mol. The van der Waals surface area contributed by atoms with Crippen LogP contribution in [0.25, 0.3) is 0 Å². The van der Waals surface area contributed by atoms with E-state index < -0.39 is 6.10 Å². The van der Waals surface area contributed by atoms with Gasteiger partial charge in [-0.3, -0.25) is 0 Å². The van der Waals surface area contributed by atoms with Crippen LogP contribution in [0.2, 0.25) is 0 Å². The van der Waals surface area contributed by atoms with Gasteiger partial charge >= 0.3 is 0 Å². The summed E-state index contributed by atoms with van der Waals surface area (Å²) in [6, 6.07) is 7.86. The third kappa shape index (κ3) is 5.30. The molecular formula is C17H27NO3. The number of para-hydroxylation sites is 1. The summed E-state index contributed by atoms with van der Waals surface area (Å²) in [6.45, 7) is 7.76. The maximum atomic E-state index is 10.0. The molecule has 21 heavy (non-hydrogen) atoms. The largest absolute Gasteiger partial charge is 0.491 e. The summed E-state index contributed by atoms with van der Waals surface area (Å²) in [7, 11) is 0. The number of aliphatic hydroxyl groups excluding tert-OH is 1. The number of nitrogens with one attached hydrogen (secondary N) is 1. The lowest BCUT2D eigenvalue weighted by Gasteiger charge is -2.34. The zero-order valence-corrected chi connectivity index (χ0v) is 13.1. The molecule has 0 saturated carbocycles. The minimum absolute atomic E-state index is 0.287. The lowest BCUT2D eigenvalue weighted by atomic mass is 9.82. The lowest BCUT2D eigenvalue weighted by molar-refractivity contribution is 0.0217. The van der Waals surface area contributed by atoms with Crippen molar-refractivity contribution >= 4 is 0 Å². The summed E-state index contributed by atoms with van der Waals surface area (Å²) in [5.41, 5.74) is 1.38. The zero-order chi connectivity index (χ0) is 15.1. The fourth-order valence-corrected chi connectivity index (χ4v) is 2.54. The highest BCUT2D eigenvalue weighted by molar-refractivity contribution is 5.31. The average Bonchev–Trinajstić information content (AvgIpc) is 2.47. The van der Waals surface area contributed by atoms with E-state index in [4.69, 9.17) is 9.47 Å². The molecule has 0 amide bonds. The molecule has 1 unspecified atom stereocenters. The first kappa shape index (κ1) is 16.3. The molecular weight excluding hydrogens is 266 g/mol. The Kier molecular flexibility index (Phi) is 6.03. The van der Waals surface area contributed by atoms with E-state index >= 15 is 0 Å². The van der Waals surface area contributed by atoms with Gasteiger partial charge in [-0.15, -0.1) is 0 Å². The lowest BCUT2D eigenvalue weighted by Crippen LogP contribution is -2.40. The van der Waals surface area contributed by atoms with Crippen LogP contribution in [0, 0.1) is 12.3 Å². The Morgan fingerprint density at radius 3 is 2.76 bits per heavy atom. The molecule has 118 valence electrons. The number of aryl methyl sites for hydroxylation is 1. The maximum Gasteiger partial charge on any atom is 0.122 e. The van der Waals surface area contributed by atoms with Crippen molar-refractivity contribution in [1.82, 2.24) is 5.32 Å². The smallest absolute Gasteiger partial charge is 0.122 e. The first-order valence-electron chi connectivity index (χ1n) is 7.74. The van der Waals surface area contributed by atoms with Gasteiger partial charge in [0.05, 0.1) is 0 Å². The van der Waals surface area contributed by atoms with Gasteiger partial charge in [-0.1, -0.05) is 25.1 Å². The Bertz CT molecular complexity index is 430. The van der Waals surface area contributed by atoms with E-state index in [1.54, 1.807) is 0 Å². The predicted molar refractivity (Wildman–Crippen MR) is 83.7 cm³/mol. The quantitative estimate of drug-likeness (QED) is 0.809. The van der Waals surface area contributed by atoms with Crippen molar-refractivity contribution < 1.29 is 14.6 Å². The number of ether oxygens (including phenoxy) is 2. The second-order valence-corrected chi connectivity index (χ2v) is 6.28. The summed E-state index contributed by atoms with van der Waals surface area (Å²) in [6.07, 6.45) is 1.67. The normalized spacial score (nSPS) is 19.2. The van der Waals surface area contributed by atoms with Crippen molar-refractivity contribution in [3.63, 3.8) is 0 Å². The molecule has 2 N–H and O–H groups in total. The molecule has 1 heterocycles. The number of rotatable bonds is 7. The molecule has 0 aliphatic carbocycles. The number of hydrogen-bond donors (Lipinski definition) is 2. The van der Waals surface area contributed by atoms with Gasteiger partial charge in [-0.25, -0.2) is 0 Å². The first-order chi connectivity index (χ1) is 10.1. The molecule has 1 aliphatic rings. The van der Waals surface area contributed by atoms with Crippen molar-refractivity contribution in [1.29, 1.82) is 0 Å². The van der Waals surface area contributed by atoms with E-state index in [0.29, 0.717) is 13.2 Å². The minimum atomic E-state index is -0.493. The summed E-state index contributed by atoms with van der Waals surface area (Å²) in [5.74, 6) is 0.841. The Hall–Kier alpha value is -1.10. The average molecular weight is 293 g/mol. The van der Waals surface area contributed by atoms with Gasteiger partial charge in [0.1, 0.15) is 18.5 Å². The molecule has 2 rings (SSSR count). The number of hydrogen-bond acceptors (Lipinski definition) is 4. The molecule has 1 aromatic rings. The fourth-order valence-electron chi connectivity index (χ4n) is 2.54. The molecule has 4 nitrogen and oxygen atoms in total. The highest BCUT2D eigenvalue weighted by atomic mass is 16.5. The summed E-state index contributed by atoms with van der Waals surface area (Å²) in [4.78, 5) is 0. The highest BCUT2D eigenvalue weighted by Crippen LogP contribution is 2.28. The number of benzene rings is 1. The van der Waals surface area contributed by atoms with Crippen molar-refractivity contribution in [3.05, 3.63) is 29.8 Å². The molecule has 1 fully saturated rings. The van der Waals surface area contributed by atoms with Crippen LogP contribution in [-0.4, -0.2) is 44.1 Å². The summed E-state index contributed by atoms with van der Waals surface area (Å²) >= 11 is 0. The van der Waals surface area contributed by atoms with E-state index in [1.807, 2.05) is 31.2 Å². The summed E-state index contributed by atoms with van der Waals surface area (Å²) < 4.78 is 11.1. The highest BCUT2D eigenvalue weighted by Gasteiger charge is 2.26. The molecule has 0 radical (unpaired) electrons. The van der Waals surface area contributed by atoms with Crippen LogP contribution in [0.3, 0.4) is 0 Å². The van der Waals surface area contributed by atoms with E-state index in [1.165, 1.54) is 0 Å². The van der Waals surface area contributed by atoms with Crippen LogP contribution in [-0.2, 0) is 4.74 Å². The third-order valence-corrected chi connectivity index (χ3v) is 4.16. The standard InChI is InChI=1S/C17H27NO3/c1-14-5-3-4-6-16(14)21-12-15(19)11-18-13-17(2)7-9-20-10-8-17/h3-6,15,18-19H,7-13H2,1-2H3. The van der Waals surface area contributed by atoms with E-state index in [9.17, 15) is 5.11 Å². The molecule has 1 saturated heterocycles. The van der Waals surface area contributed by atoms with Crippen molar-refractivity contribution in [2.24, 2.45) is 5.41 Å². The molecule has 1 atom stereocenters. The van der Waals surface area contributed by atoms with Crippen molar-refractivity contribution in [2.45, 2.75) is 32.8 Å². The maximum absolute atomic E-state index is 10.0. The third-order valence-electron chi connectivity index (χ3n) is 4.16. The Morgan fingerprint density at radius 1 is 1.33 bits per heavy atom. The van der Waals surface area contributed by atoms with Gasteiger partial charge < -0.3 is 19.9 Å². The van der Waals surface area contributed by atoms with Crippen molar-refractivity contribution in [2.75, 3.05) is 32.9 Å². The molecule has 1 aromatic carbocycles. The molecule has 0 spiro atoms. The van der Waals surface area contributed by atoms with Gasteiger partial charge in [-0.2, -0.15) is 0 Å². The Balaban J connectivity index is 1.65. The Labute approximate surface area is 127 Å². The second kappa shape index (κ2) is 7.78. The van der Waals surface area contributed by atoms with E-state index in [2.05, 4.69) is 12.2 Å². The molecule has 4 heteroatoms. The second-order valence-electron chi connectivity index (χ2n) is 6.28. The van der Waals surface area contributed by atoms with Crippen LogP contribution in [0.15, 0.2) is 24.3 Å². The zero-order valence-electron chi connectivity index (χ0n) is 13.1. The first-order valence-corrected chi connectivity index (χ1v) is 7.74. The van der Waals surface area contributed by atoms with Gasteiger partial charge in [0.2, 0.25) is 0 Å². The van der Waals surface area contributed by atoms with E-state index in [-0.39, 0.29) is 5.41 Å². The van der Waals surface area contributed by atoms with E-state index in [0.717, 1.165) is 43.9 Å². The summed E-state index contributed by atoms with van der Waals surface area (Å²) in [5, 5.41) is 13.4. The van der Waals surface area contributed by atoms with Gasteiger partial charge in [-0.05, 0) is 36.8 Å². The molecule has 1 aliphatic heterocycles. The van der Waals surface area contributed by atoms with Crippen LogP contribution in [0.4, 0.5) is 0 Å². The SMILES string of the molecule is Cc1ccccc1OCC(O)CNCC1(C)CCOCC1. The topological polar surface area (TPSA) is 50.7 Å². The van der Waals surface area contributed by atoms with Crippen LogP contribution < -0.4 is 10.1 Å². The van der Waals surface area contributed by atoms with Gasteiger partial charge in [0, 0.05) is 26.3 Å². The van der Waals surface area contributed by atoms with Crippen molar-refractivity contribution in [3.8, 4) is 5.75 Å². The van der Waals surface area contributed by atoms with Crippen LogP contribution in [0.1, 0.15) is 25.3 Å². The number of aliphatic hydroxyl groups is 1. The predicted octanol–water partition coefficient (Wildman–Crippen LogP) is 2.14.